The second-order valence-corrected chi connectivity index (χ2v) is 6.16. The number of halogens is 1. The van der Waals surface area contributed by atoms with Crippen molar-refractivity contribution in [1.29, 1.82) is 0 Å². The number of ether oxygens (including phenoxy) is 1. The first-order valence-corrected chi connectivity index (χ1v) is 8.86. The van der Waals surface area contributed by atoms with E-state index in [1.165, 1.54) is 14.2 Å². The first kappa shape index (κ1) is 19.4. The zero-order valence-electron chi connectivity index (χ0n) is 15.4. The smallest absolute Gasteiger partial charge is 0.273 e. The number of carbonyl (C=O) groups excluding carboxylic acids is 1. The minimum Gasteiger partial charge on any atom is -0.472 e. The third-order valence-corrected chi connectivity index (χ3v) is 4.18. The van der Waals surface area contributed by atoms with Gasteiger partial charge in [-0.1, -0.05) is 41.0 Å². The molecular weight excluding hydrogens is 380 g/mol. The van der Waals surface area contributed by atoms with Crippen molar-refractivity contribution in [3.05, 3.63) is 76.9 Å². The van der Waals surface area contributed by atoms with E-state index < -0.39 is 0 Å². The number of carbonyl (C=O) groups is 1. The molecule has 3 rings (SSSR count). The highest BCUT2D eigenvalue weighted by Gasteiger charge is 2.17. The van der Waals surface area contributed by atoms with Gasteiger partial charge >= 0.3 is 0 Å². The van der Waals surface area contributed by atoms with Gasteiger partial charge in [0.2, 0.25) is 5.88 Å². The summed E-state index contributed by atoms with van der Waals surface area (Å²) in [4.78, 5) is 16.9. The molecule has 3 aromatic rings. The zero-order chi connectivity index (χ0) is 19.9. The van der Waals surface area contributed by atoms with Crippen LogP contribution in [0.2, 0.25) is 5.02 Å². The van der Waals surface area contributed by atoms with E-state index in [4.69, 9.17) is 21.2 Å². The van der Waals surface area contributed by atoms with Crippen molar-refractivity contribution in [3.8, 4) is 11.6 Å². The van der Waals surface area contributed by atoms with Crippen LogP contribution >= 0.6 is 11.6 Å². The molecule has 144 valence electrons. The van der Waals surface area contributed by atoms with Crippen molar-refractivity contribution in [2.75, 3.05) is 14.2 Å². The number of oxime groups is 1. The molecule has 0 unspecified atom stereocenters. The van der Waals surface area contributed by atoms with Crippen molar-refractivity contribution in [2.45, 2.75) is 6.61 Å². The van der Waals surface area contributed by atoms with E-state index in [0.717, 1.165) is 11.3 Å². The van der Waals surface area contributed by atoms with Gasteiger partial charge in [-0.05, 0) is 29.8 Å². The van der Waals surface area contributed by atoms with Crippen LogP contribution in [0.3, 0.4) is 0 Å². The lowest BCUT2D eigenvalue weighted by atomic mass is 10.0. The third kappa shape index (κ3) is 4.50. The van der Waals surface area contributed by atoms with Gasteiger partial charge < -0.3 is 14.9 Å². The number of benzene rings is 2. The van der Waals surface area contributed by atoms with Gasteiger partial charge in [0, 0.05) is 29.9 Å². The van der Waals surface area contributed by atoms with Crippen molar-refractivity contribution >= 4 is 23.2 Å². The maximum absolute atomic E-state index is 12.1. The highest BCUT2D eigenvalue weighted by Crippen LogP contribution is 2.18. The van der Waals surface area contributed by atoms with Crippen LogP contribution in [0.1, 0.15) is 11.1 Å². The van der Waals surface area contributed by atoms with Crippen LogP contribution in [0, 0.1) is 0 Å². The van der Waals surface area contributed by atoms with Crippen LogP contribution < -0.4 is 10.1 Å². The Bertz CT molecular complexity index is 983. The van der Waals surface area contributed by atoms with Crippen molar-refractivity contribution in [3.63, 3.8) is 0 Å². The highest BCUT2D eigenvalue weighted by atomic mass is 35.5. The van der Waals surface area contributed by atoms with E-state index in [0.29, 0.717) is 16.5 Å². The molecule has 0 saturated carbocycles. The van der Waals surface area contributed by atoms with Crippen molar-refractivity contribution < 1.29 is 14.4 Å². The number of nitrogens with one attached hydrogen (secondary N) is 1. The van der Waals surface area contributed by atoms with E-state index in [-0.39, 0.29) is 18.2 Å². The first-order chi connectivity index (χ1) is 13.6. The molecule has 0 radical (unpaired) electrons. The van der Waals surface area contributed by atoms with Gasteiger partial charge in [-0.2, -0.15) is 0 Å². The molecule has 0 aliphatic carbocycles. The van der Waals surface area contributed by atoms with Gasteiger partial charge in [-0.25, -0.2) is 4.68 Å². The molecular formula is C20H19ClN4O3. The molecule has 1 amide bonds. The molecule has 0 fully saturated rings. The Morgan fingerprint density at radius 2 is 1.93 bits per heavy atom. The summed E-state index contributed by atoms with van der Waals surface area (Å²) in [5.41, 5.74) is 2.45. The number of hydrogen-bond donors (Lipinski definition) is 1. The second-order valence-electron chi connectivity index (χ2n) is 5.72. The Morgan fingerprint density at radius 1 is 1.18 bits per heavy atom. The average Bonchev–Trinajstić information content (AvgIpc) is 3.20. The largest absolute Gasteiger partial charge is 0.472 e. The number of amides is 1. The zero-order valence-corrected chi connectivity index (χ0v) is 16.2. The molecule has 0 aliphatic heterocycles. The molecule has 1 heterocycles. The summed E-state index contributed by atoms with van der Waals surface area (Å²) in [7, 11) is 2.93. The lowest BCUT2D eigenvalue weighted by Gasteiger charge is -2.11. The second kappa shape index (κ2) is 9.05. The van der Waals surface area contributed by atoms with E-state index >= 15 is 0 Å². The van der Waals surface area contributed by atoms with Crippen LogP contribution in [0.4, 0.5) is 0 Å². The fourth-order valence-corrected chi connectivity index (χ4v) is 2.70. The molecule has 0 aliphatic rings. The van der Waals surface area contributed by atoms with Crippen LogP contribution in [-0.2, 0) is 16.2 Å². The number of likely N-dealkylation sites (N-methyl/N-ethyl adjacent to an activating group) is 1. The fourth-order valence-electron chi connectivity index (χ4n) is 2.57. The molecule has 0 bridgehead atoms. The van der Waals surface area contributed by atoms with Crippen LogP contribution in [0.5, 0.6) is 5.88 Å². The van der Waals surface area contributed by atoms with E-state index in [9.17, 15) is 4.79 Å². The Labute approximate surface area is 167 Å². The molecule has 8 heteroatoms. The minimum absolute atomic E-state index is 0.177. The normalized spacial score (nSPS) is 11.2. The number of rotatable bonds is 7. The lowest BCUT2D eigenvalue weighted by Crippen LogP contribution is -2.29. The van der Waals surface area contributed by atoms with Crippen LogP contribution in [-0.4, -0.2) is 35.6 Å². The summed E-state index contributed by atoms with van der Waals surface area (Å²) in [5.74, 6) is 0.108. The van der Waals surface area contributed by atoms with Crippen molar-refractivity contribution in [2.24, 2.45) is 5.16 Å². The fraction of sp³-hybridized carbons (Fsp3) is 0.150. The minimum atomic E-state index is -0.346. The molecule has 2 aromatic carbocycles. The first-order valence-electron chi connectivity index (χ1n) is 8.48. The lowest BCUT2D eigenvalue weighted by molar-refractivity contribution is -0.114. The van der Waals surface area contributed by atoms with Gasteiger partial charge in [0.05, 0.1) is 5.69 Å². The van der Waals surface area contributed by atoms with Gasteiger partial charge in [0.25, 0.3) is 5.91 Å². The molecule has 0 atom stereocenters. The summed E-state index contributed by atoms with van der Waals surface area (Å²) in [6.45, 7) is 0.216. The SMILES string of the molecule is CNC(=O)/C(=N\OC)c1ccccc1COc1ccn(-c2ccc(Cl)cc2)n1. The molecule has 1 N–H and O–H groups in total. The van der Waals surface area contributed by atoms with Gasteiger partial charge in [0.15, 0.2) is 5.71 Å². The Kier molecular flexibility index (Phi) is 6.29. The predicted molar refractivity (Wildman–Crippen MR) is 107 cm³/mol. The Balaban J connectivity index is 1.78. The highest BCUT2D eigenvalue weighted by molar-refractivity contribution is 6.45. The van der Waals surface area contributed by atoms with Crippen molar-refractivity contribution in [1.82, 2.24) is 15.1 Å². The Morgan fingerprint density at radius 3 is 2.64 bits per heavy atom. The summed E-state index contributed by atoms with van der Waals surface area (Å²) in [6, 6.07) is 16.4. The van der Waals surface area contributed by atoms with E-state index in [1.807, 2.05) is 30.3 Å². The molecule has 0 spiro atoms. The topological polar surface area (TPSA) is 77.7 Å². The monoisotopic (exact) mass is 398 g/mol. The van der Waals surface area contributed by atoms with Crippen LogP contribution in [0.15, 0.2) is 65.9 Å². The summed E-state index contributed by atoms with van der Waals surface area (Å²) < 4.78 is 7.51. The third-order valence-electron chi connectivity index (χ3n) is 3.93. The molecule has 1 aromatic heterocycles. The number of nitrogens with zero attached hydrogens (tertiary/aromatic N) is 3. The summed E-state index contributed by atoms with van der Waals surface area (Å²) >= 11 is 5.92. The van der Waals surface area contributed by atoms with Crippen LogP contribution in [0.25, 0.3) is 5.69 Å². The quantitative estimate of drug-likeness (QED) is 0.489. The van der Waals surface area contributed by atoms with E-state index in [1.54, 1.807) is 35.1 Å². The molecule has 7 nitrogen and oxygen atoms in total. The summed E-state index contributed by atoms with van der Waals surface area (Å²) in [5, 5.41) is 11.5. The van der Waals surface area contributed by atoms with Gasteiger partial charge in [-0.3, -0.25) is 4.79 Å². The van der Waals surface area contributed by atoms with E-state index in [2.05, 4.69) is 15.6 Å². The van der Waals surface area contributed by atoms with Gasteiger partial charge in [0.1, 0.15) is 13.7 Å². The molecule has 0 saturated heterocycles. The average molecular weight is 399 g/mol. The number of aromatic nitrogens is 2. The maximum Gasteiger partial charge on any atom is 0.273 e. The number of hydrogen-bond acceptors (Lipinski definition) is 5. The standard InChI is InChI=1S/C20H19ClN4O3/c1-22-20(26)19(24-27-2)17-6-4-3-5-14(17)13-28-18-11-12-25(23-18)16-9-7-15(21)8-10-16/h3-12H,13H2,1-2H3,(H,22,26)/b24-19-. The maximum atomic E-state index is 12.1. The predicted octanol–water partition coefficient (Wildman–Crippen LogP) is 3.20. The molecule has 28 heavy (non-hydrogen) atoms. The summed E-state index contributed by atoms with van der Waals surface area (Å²) in [6.07, 6.45) is 1.80. The Hall–Kier alpha value is -3.32. The van der Waals surface area contributed by atoms with Gasteiger partial charge in [-0.15, -0.1) is 5.10 Å².